The minimum atomic E-state index is -1.32. The smallest absolute Gasteiger partial charge is 0.545 e. The summed E-state index contributed by atoms with van der Waals surface area (Å²) in [5, 5.41) is 53.7. The molecule has 0 heterocycles. The number of carboxylic acids is 4. The number of anilines is 4. The van der Waals surface area contributed by atoms with Crippen molar-refractivity contribution in [3.63, 3.8) is 0 Å². The van der Waals surface area contributed by atoms with Crippen LogP contribution in [-0.4, -0.2) is 47.5 Å². The van der Waals surface area contributed by atoms with Crippen LogP contribution in [0.15, 0.2) is 218 Å². The molecule has 4 amide bonds. The number of rotatable bonds is 12. The number of carboxylic acid groups (broad SMARTS) is 4. The van der Waals surface area contributed by atoms with E-state index in [1.54, 1.807) is 170 Å². The standard InChI is InChI=1S/4C14H11NO3.2Zn/c4*16-13(10-6-2-1-3-7-10)15-12-9-5-4-8-11(12)14(17)18;;/h4*1-9H,(H,15,16)(H,17,18);;/q;;;;2*+2/p-4. The summed E-state index contributed by atoms with van der Waals surface area (Å²) >= 11 is 0. The van der Waals surface area contributed by atoms with E-state index in [2.05, 4.69) is 21.3 Å². The number of aromatic carboxylic acids is 4. The maximum absolute atomic E-state index is 11.9. The molecule has 0 fully saturated rings. The van der Waals surface area contributed by atoms with Crippen LogP contribution in [0, 0.1) is 0 Å². The molecule has 0 bridgehead atoms. The van der Waals surface area contributed by atoms with Gasteiger partial charge in [-0.05, 0) is 72.8 Å². The topological polar surface area (TPSA) is 277 Å². The number of amides is 4. The van der Waals surface area contributed by atoms with Gasteiger partial charge >= 0.3 is 39.0 Å². The maximum Gasteiger partial charge on any atom is 2.00 e. The number of carbonyl (C=O) groups is 8. The first-order valence-corrected chi connectivity index (χ1v) is 21.4. The molecule has 0 spiro atoms. The molecule has 16 nitrogen and oxygen atoms in total. The second-order valence-electron chi connectivity index (χ2n) is 14.6. The largest absolute Gasteiger partial charge is 2.00 e. The first kappa shape index (κ1) is 59.1. The molecule has 0 aromatic heterocycles. The van der Waals surface area contributed by atoms with E-state index in [1.807, 2.05) is 0 Å². The second kappa shape index (κ2) is 30.5. The van der Waals surface area contributed by atoms with Gasteiger partial charge in [0.15, 0.2) is 0 Å². The van der Waals surface area contributed by atoms with Gasteiger partial charge in [0.1, 0.15) is 0 Å². The Hall–Kier alpha value is -9.23. The predicted octanol–water partition coefficient (Wildman–Crippen LogP) is 5.20. The molecule has 8 aromatic rings. The maximum atomic E-state index is 11.9. The SMILES string of the molecule is O=C(Nc1ccccc1C(=O)[O-])c1ccccc1.O=C(Nc1ccccc1C(=O)[O-])c1ccccc1.O=C(Nc1ccccc1C(=O)[O-])c1ccccc1.O=C(Nc1ccccc1C(=O)[O-])c1ccccc1.[Zn+2].[Zn+2]. The molecular formula is C56H40N4O12Zn2. The van der Waals surface area contributed by atoms with Crippen molar-refractivity contribution in [1.29, 1.82) is 0 Å². The molecule has 0 atom stereocenters. The Labute approximate surface area is 449 Å². The van der Waals surface area contributed by atoms with Gasteiger partial charge in [0, 0.05) is 44.5 Å². The first-order chi connectivity index (χ1) is 34.7. The van der Waals surface area contributed by atoms with E-state index < -0.39 is 23.9 Å². The van der Waals surface area contributed by atoms with Crippen LogP contribution < -0.4 is 41.7 Å². The van der Waals surface area contributed by atoms with Crippen molar-refractivity contribution in [2.24, 2.45) is 0 Å². The van der Waals surface area contributed by atoms with Gasteiger partial charge in [0.05, 0.1) is 46.6 Å². The molecule has 0 unspecified atom stereocenters. The average molecular weight is 1090 g/mol. The molecule has 0 saturated heterocycles. The van der Waals surface area contributed by atoms with Crippen LogP contribution in [0.2, 0.25) is 0 Å². The van der Waals surface area contributed by atoms with Crippen molar-refractivity contribution in [3.05, 3.63) is 263 Å². The van der Waals surface area contributed by atoms with Gasteiger partial charge in [0.25, 0.3) is 23.6 Å². The van der Waals surface area contributed by atoms with Gasteiger partial charge in [-0.3, -0.25) is 19.2 Å². The van der Waals surface area contributed by atoms with E-state index in [4.69, 9.17) is 0 Å². The zero-order valence-corrected chi connectivity index (χ0v) is 45.0. The molecule has 8 rings (SSSR count). The minimum absolute atomic E-state index is 0. The Kier molecular flexibility index (Phi) is 24.3. The van der Waals surface area contributed by atoms with Crippen molar-refractivity contribution in [3.8, 4) is 0 Å². The molecule has 0 aliphatic carbocycles. The van der Waals surface area contributed by atoms with Gasteiger partial charge in [-0.2, -0.15) is 0 Å². The molecule has 360 valence electrons. The van der Waals surface area contributed by atoms with Crippen LogP contribution in [0.1, 0.15) is 82.9 Å². The third-order valence-corrected chi connectivity index (χ3v) is 9.72. The Bertz CT molecular complexity index is 2760. The Morgan fingerprint density at radius 2 is 0.378 bits per heavy atom. The van der Waals surface area contributed by atoms with Crippen molar-refractivity contribution in [2.75, 3.05) is 21.3 Å². The van der Waals surface area contributed by atoms with Crippen molar-refractivity contribution in [2.45, 2.75) is 0 Å². The zero-order valence-electron chi connectivity index (χ0n) is 39.1. The third kappa shape index (κ3) is 18.2. The summed E-state index contributed by atoms with van der Waals surface area (Å²) in [5.41, 5.74) is 2.61. The molecule has 0 aliphatic rings. The number of hydrogen-bond acceptors (Lipinski definition) is 12. The third-order valence-electron chi connectivity index (χ3n) is 9.72. The zero-order chi connectivity index (χ0) is 51.8. The quantitative estimate of drug-likeness (QED) is 0.115. The average Bonchev–Trinajstić information content (AvgIpc) is 3.40. The normalized spacial score (nSPS) is 9.51. The Morgan fingerprint density at radius 1 is 0.230 bits per heavy atom. The van der Waals surface area contributed by atoms with Crippen LogP contribution in [0.3, 0.4) is 0 Å². The molecular weight excluding hydrogens is 1050 g/mol. The monoisotopic (exact) mass is 1090 g/mol. The van der Waals surface area contributed by atoms with E-state index in [1.165, 1.54) is 48.5 Å². The first-order valence-electron chi connectivity index (χ1n) is 21.4. The van der Waals surface area contributed by atoms with E-state index in [0.29, 0.717) is 22.3 Å². The summed E-state index contributed by atoms with van der Waals surface area (Å²) in [6, 6.07) is 58.8. The Morgan fingerprint density at radius 3 is 0.541 bits per heavy atom. The van der Waals surface area contributed by atoms with Crippen LogP contribution in [0.5, 0.6) is 0 Å². The molecule has 0 aliphatic heterocycles. The number of hydrogen-bond donors (Lipinski definition) is 4. The van der Waals surface area contributed by atoms with Crippen molar-refractivity contribution < 1.29 is 97.7 Å². The van der Waals surface area contributed by atoms with Gasteiger partial charge in [-0.15, -0.1) is 0 Å². The van der Waals surface area contributed by atoms with Crippen molar-refractivity contribution in [1.82, 2.24) is 0 Å². The fraction of sp³-hybridized carbons (Fsp3) is 0. The van der Waals surface area contributed by atoms with E-state index in [9.17, 15) is 58.8 Å². The van der Waals surface area contributed by atoms with Crippen molar-refractivity contribution >= 4 is 70.3 Å². The number of carbonyl (C=O) groups excluding carboxylic acids is 8. The van der Waals surface area contributed by atoms with Crippen LogP contribution in [0.4, 0.5) is 22.7 Å². The van der Waals surface area contributed by atoms with Crippen LogP contribution in [0.25, 0.3) is 0 Å². The predicted molar refractivity (Wildman–Crippen MR) is 261 cm³/mol. The fourth-order valence-corrected chi connectivity index (χ4v) is 6.22. The van der Waals surface area contributed by atoms with E-state index >= 15 is 0 Å². The fourth-order valence-electron chi connectivity index (χ4n) is 6.22. The minimum Gasteiger partial charge on any atom is -0.545 e. The number of benzene rings is 8. The Balaban J connectivity index is 0.000000258. The summed E-state index contributed by atoms with van der Waals surface area (Å²) in [6.45, 7) is 0. The van der Waals surface area contributed by atoms with Gasteiger partial charge in [0.2, 0.25) is 0 Å². The second-order valence-corrected chi connectivity index (χ2v) is 14.6. The summed E-state index contributed by atoms with van der Waals surface area (Å²) in [7, 11) is 0. The summed E-state index contributed by atoms with van der Waals surface area (Å²) in [5.74, 6) is -6.71. The summed E-state index contributed by atoms with van der Waals surface area (Å²) in [4.78, 5) is 91.0. The van der Waals surface area contributed by atoms with E-state index in [0.717, 1.165) is 0 Å². The molecule has 4 N–H and O–H groups in total. The van der Waals surface area contributed by atoms with Gasteiger partial charge in [-0.25, -0.2) is 0 Å². The molecule has 74 heavy (non-hydrogen) atoms. The van der Waals surface area contributed by atoms with Gasteiger partial charge in [-0.1, -0.05) is 146 Å². The number of nitrogens with one attached hydrogen (secondary N) is 4. The molecule has 0 saturated carbocycles. The van der Waals surface area contributed by atoms with Gasteiger partial charge < -0.3 is 60.9 Å². The summed E-state index contributed by atoms with van der Waals surface area (Å²) in [6.07, 6.45) is 0. The van der Waals surface area contributed by atoms with Crippen LogP contribution in [-0.2, 0) is 39.0 Å². The molecule has 18 heteroatoms. The summed E-state index contributed by atoms with van der Waals surface area (Å²) < 4.78 is 0. The number of para-hydroxylation sites is 4. The molecule has 0 radical (unpaired) electrons. The molecule has 8 aromatic carbocycles. The van der Waals surface area contributed by atoms with E-state index in [-0.39, 0.29) is 108 Å². The van der Waals surface area contributed by atoms with Crippen LogP contribution >= 0.6 is 0 Å².